The second-order valence-electron chi connectivity index (χ2n) is 9.80. The number of piperidine rings is 2. The van der Waals surface area contributed by atoms with Crippen molar-refractivity contribution >= 4 is 18.4 Å². The van der Waals surface area contributed by atoms with Crippen molar-refractivity contribution in [3.8, 4) is 0 Å². The molecule has 0 aromatic rings. The highest BCUT2D eigenvalue weighted by Crippen LogP contribution is 2.21. The van der Waals surface area contributed by atoms with Crippen molar-refractivity contribution in [2.75, 3.05) is 26.2 Å². The molecular formula is C21H37N3O4. The van der Waals surface area contributed by atoms with Crippen LogP contribution in [0.4, 0.5) is 9.59 Å². The lowest BCUT2D eigenvalue weighted by Crippen LogP contribution is -2.43. The van der Waals surface area contributed by atoms with E-state index in [2.05, 4.69) is 6.21 Å². The molecule has 0 radical (unpaired) electrons. The summed E-state index contributed by atoms with van der Waals surface area (Å²) in [5.74, 6) is 0.405. The van der Waals surface area contributed by atoms with Gasteiger partial charge in [-0.1, -0.05) is 0 Å². The largest absolute Gasteiger partial charge is 0.444 e. The molecule has 2 aliphatic heterocycles. The van der Waals surface area contributed by atoms with Gasteiger partial charge < -0.3 is 19.3 Å². The van der Waals surface area contributed by atoms with Crippen LogP contribution in [0.5, 0.6) is 0 Å². The van der Waals surface area contributed by atoms with Gasteiger partial charge >= 0.3 is 12.2 Å². The predicted octanol–water partition coefficient (Wildman–Crippen LogP) is 4.10. The lowest BCUT2D eigenvalue weighted by Gasteiger charge is -2.33. The normalized spacial score (nSPS) is 20.5. The minimum Gasteiger partial charge on any atom is -0.444 e. The van der Waals surface area contributed by atoms with E-state index in [0.29, 0.717) is 32.1 Å². The van der Waals surface area contributed by atoms with Gasteiger partial charge in [-0.05, 0) is 73.1 Å². The molecule has 28 heavy (non-hydrogen) atoms. The number of hydrogen-bond donors (Lipinski definition) is 0. The Kier molecular flexibility index (Phi) is 7.34. The van der Waals surface area contributed by atoms with Crippen molar-refractivity contribution in [3.05, 3.63) is 0 Å². The molecule has 0 aromatic heterocycles. The van der Waals surface area contributed by atoms with Crippen molar-refractivity contribution < 1.29 is 19.1 Å². The summed E-state index contributed by atoms with van der Waals surface area (Å²) < 4.78 is 10.9. The fraction of sp³-hybridized carbons (Fsp3) is 0.857. The number of carbonyl (C=O) groups excluding carboxylic acids is 2. The van der Waals surface area contributed by atoms with Crippen LogP contribution >= 0.6 is 0 Å². The van der Waals surface area contributed by atoms with Gasteiger partial charge in [0, 0.05) is 32.4 Å². The number of ether oxygens (including phenoxy) is 2. The molecule has 2 amide bonds. The summed E-state index contributed by atoms with van der Waals surface area (Å²) in [5.41, 5.74) is -0.913. The summed E-state index contributed by atoms with van der Waals surface area (Å²) in [7, 11) is 0. The zero-order valence-corrected chi connectivity index (χ0v) is 18.4. The third kappa shape index (κ3) is 7.68. The van der Waals surface area contributed by atoms with Gasteiger partial charge in [0.2, 0.25) is 0 Å². The number of nitrogens with zero attached hydrogens (tertiary/aromatic N) is 3. The summed E-state index contributed by atoms with van der Waals surface area (Å²) in [6.45, 7) is 14.1. The predicted molar refractivity (Wildman–Crippen MR) is 110 cm³/mol. The highest BCUT2D eigenvalue weighted by molar-refractivity contribution is 5.69. The Morgan fingerprint density at radius 2 is 1.18 bits per heavy atom. The van der Waals surface area contributed by atoms with E-state index in [1.165, 1.54) is 0 Å². The maximum Gasteiger partial charge on any atom is 0.410 e. The summed E-state index contributed by atoms with van der Waals surface area (Å²) in [5, 5.41) is 0. The first kappa shape index (κ1) is 22.5. The molecule has 0 unspecified atom stereocenters. The van der Waals surface area contributed by atoms with Gasteiger partial charge in [-0.2, -0.15) is 0 Å². The minimum absolute atomic E-state index is 0.225. The molecule has 0 N–H and O–H groups in total. The first-order chi connectivity index (χ1) is 12.9. The van der Waals surface area contributed by atoms with Crippen LogP contribution in [0.15, 0.2) is 4.99 Å². The molecule has 0 saturated carbocycles. The van der Waals surface area contributed by atoms with Crippen LogP contribution in [0.3, 0.4) is 0 Å². The van der Waals surface area contributed by atoms with Gasteiger partial charge in [0.05, 0.1) is 6.04 Å². The van der Waals surface area contributed by atoms with Gasteiger partial charge in [-0.25, -0.2) is 9.59 Å². The van der Waals surface area contributed by atoms with E-state index in [1.54, 1.807) is 9.80 Å². The highest BCUT2D eigenvalue weighted by Gasteiger charge is 2.28. The molecule has 0 spiro atoms. The van der Waals surface area contributed by atoms with Crippen molar-refractivity contribution in [2.24, 2.45) is 10.9 Å². The van der Waals surface area contributed by atoms with E-state index in [-0.39, 0.29) is 18.2 Å². The van der Waals surface area contributed by atoms with Crippen LogP contribution in [0.1, 0.15) is 67.2 Å². The average Bonchev–Trinajstić information content (AvgIpc) is 2.58. The zero-order chi connectivity index (χ0) is 20.9. The lowest BCUT2D eigenvalue weighted by molar-refractivity contribution is 0.0191. The lowest BCUT2D eigenvalue weighted by atomic mass is 9.98. The van der Waals surface area contributed by atoms with Crippen LogP contribution in [0.2, 0.25) is 0 Å². The molecule has 0 bridgehead atoms. The molecule has 7 nitrogen and oxygen atoms in total. The molecule has 0 aromatic carbocycles. The van der Waals surface area contributed by atoms with Gasteiger partial charge in [0.25, 0.3) is 0 Å². The molecule has 2 heterocycles. The Morgan fingerprint density at radius 1 is 0.786 bits per heavy atom. The summed E-state index contributed by atoms with van der Waals surface area (Å²) in [4.78, 5) is 32.6. The highest BCUT2D eigenvalue weighted by atomic mass is 16.6. The monoisotopic (exact) mass is 395 g/mol. The van der Waals surface area contributed by atoms with Crippen molar-refractivity contribution in [2.45, 2.75) is 84.5 Å². The Labute approximate surface area is 169 Å². The number of rotatable bonds is 2. The van der Waals surface area contributed by atoms with Gasteiger partial charge in [-0.15, -0.1) is 0 Å². The van der Waals surface area contributed by atoms with E-state index < -0.39 is 11.2 Å². The standard InChI is InChI=1S/C21H37N3O4/c1-20(2,3)27-18(25)23-11-7-16(8-12-23)15-22-17-9-13-24(14-10-17)19(26)28-21(4,5)6/h15-17H,7-14H2,1-6H3. The van der Waals surface area contributed by atoms with Crippen molar-refractivity contribution in [1.29, 1.82) is 0 Å². The average molecular weight is 396 g/mol. The van der Waals surface area contributed by atoms with E-state index in [4.69, 9.17) is 14.5 Å². The SMILES string of the molecule is CC(C)(C)OC(=O)N1CCC(C=NC2CCN(C(=O)OC(C)(C)C)CC2)CC1. The quantitative estimate of drug-likeness (QED) is 0.660. The Morgan fingerprint density at radius 3 is 1.57 bits per heavy atom. The molecule has 2 aliphatic rings. The van der Waals surface area contributed by atoms with E-state index >= 15 is 0 Å². The smallest absolute Gasteiger partial charge is 0.410 e. The van der Waals surface area contributed by atoms with Crippen LogP contribution < -0.4 is 0 Å². The number of likely N-dealkylation sites (tertiary alicyclic amines) is 2. The van der Waals surface area contributed by atoms with Crippen LogP contribution in [0, 0.1) is 5.92 Å². The molecule has 160 valence electrons. The van der Waals surface area contributed by atoms with Crippen LogP contribution in [-0.2, 0) is 9.47 Å². The van der Waals surface area contributed by atoms with E-state index in [0.717, 1.165) is 25.7 Å². The Hall–Kier alpha value is -1.79. The Bertz CT molecular complexity index is 511. The molecule has 7 heteroatoms. The molecule has 0 aliphatic carbocycles. The fourth-order valence-corrected chi connectivity index (χ4v) is 3.33. The summed E-state index contributed by atoms with van der Waals surface area (Å²) in [6.07, 6.45) is 5.18. The maximum atomic E-state index is 12.1. The Balaban J connectivity index is 1.70. The summed E-state index contributed by atoms with van der Waals surface area (Å²) in [6, 6.07) is 0.266. The number of carbonyl (C=O) groups is 2. The van der Waals surface area contributed by atoms with Gasteiger partial charge in [0.1, 0.15) is 11.2 Å². The molecule has 2 rings (SSSR count). The van der Waals surface area contributed by atoms with Crippen LogP contribution in [0.25, 0.3) is 0 Å². The zero-order valence-electron chi connectivity index (χ0n) is 18.4. The van der Waals surface area contributed by atoms with Crippen molar-refractivity contribution in [3.63, 3.8) is 0 Å². The second-order valence-corrected chi connectivity index (χ2v) is 9.80. The third-order valence-electron chi connectivity index (χ3n) is 4.82. The second kappa shape index (κ2) is 9.14. The topological polar surface area (TPSA) is 71.4 Å². The van der Waals surface area contributed by atoms with E-state index in [1.807, 2.05) is 41.5 Å². The third-order valence-corrected chi connectivity index (χ3v) is 4.82. The van der Waals surface area contributed by atoms with E-state index in [9.17, 15) is 9.59 Å². The minimum atomic E-state index is -0.458. The van der Waals surface area contributed by atoms with Gasteiger partial charge in [0.15, 0.2) is 0 Å². The van der Waals surface area contributed by atoms with Crippen molar-refractivity contribution in [1.82, 2.24) is 9.80 Å². The van der Waals surface area contributed by atoms with Crippen LogP contribution in [-0.4, -0.2) is 71.6 Å². The number of hydrogen-bond acceptors (Lipinski definition) is 5. The maximum absolute atomic E-state index is 12.1. The number of amides is 2. The molecule has 2 saturated heterocycles. The molecule has 2 fully saturated rings. The summed E-state index contributed by atoms with van der Waals surface area (Å²) >= 11 is 0. The first-order valence-corrected chi connectivity index (χ1v) is 10.4. The first-order valence-electron chi connectivity index (χ1n) is 10.4. The number of aliphatic imine (C=N–C) groups is 1. The molecular weight excluding hydrogens is 358 g/mol. The molecule has 0 atom stereocenters. The fourth-order valence-electron chi connectivity index (χ4n) is 3.33. The van der Waals surface area contributed by atoms with Gasteiger partial charge in [-0.3, -0.25) is 4.99 Å².